The number of hydrogen-bond donors (Lipinski definition) is 0. The molecule has 1 atom stereocenters. The zero-order valence-electron chi connectivity index (χ0n) is 11.2. The predicted octanol–water partition coefficient (Wildman–Crippen LogP) is 6.18. The van der Waals surface area contributed by atoms with Crippen LogP contribution in [0, 0.1) is 6.92 Å². The molecule has 0 spiro atoms. The van der Waals surface area contributed by atoms with Crippen LogP contribution in [0.25, 0.3) is 0 Å². The van der Waals surface area contributed by atoms with E-state index in [2.05, 4.69) is 54.0 Å². The van der Waals surface area contributed by atoms with Crippen LogP contribution in [-0.4, -0.2) is 0 Å². The number of alkyl halides is 1. The molecule has 0 amide bonds. The lowest BCUT2D eigenvalue weighted by Crippen LogP contribution is -1.90. The largest absolute Gasteiger partial charge is 0.0839 e. The summed E-state index contributed by atoms with van der Waals surface area (Å²) < 4.78 is 0. The van der Waals surface area contributed by atoms with E-state index in [1.807, 2.05) is 0 Å². The average Bonchev–Trinajstić information content (AvgIpc) is 2.34. The number of halogens is 1. The first-order valence-corrected chi connectivity index (χ1v) is 7.86. The van der Waals surface area contributed by atoms with Crippen molar-refractivity contribution >= 4 is 15.9 Å². The molecule has 0 aliphatic heterocycles. The SMILES string of the molecule is CCCCCCCCC(Br)c1ccc(C)cc1. The minimum Gasteiger partial charge on any atom is -0.0839 e. The summed E-state index contributed by atoms with van der Waals surface area (Å²) in [6, 6.07) is 8.88. The molecule has 0 aliphatic rings. The van der Waals surface area contributed by atoms with Gasteiger partial charge in [-0.05, 0) is 18.9 Å². The Labute approximate surface area is 115 Å². The van der Waals surface area contributed by atoms with E-state index in [4.69, 9.17) is 0 Å². The molecule has 0 saturated heterocycles. The third-order valence-electron chi connectivity index (χ3n) is 3.25. The van der Waals surface area contributed by atoms with Crippen LogP contribution >= 0.6 is 15.9 Å². The highest BCUT2D eigenvalue weighted by atomic mass is 79.9. The van der Waals surface area contributed by atoms with E-state index >= 15 is 0 Å². The van der Waals surface area contributed by atoms with Crippen molar-refractivity contribution < 1.29 is 0 Å². The molecule has 0 heterocycles. The van der Waals surface area contributed by atoms with Crippen LogP contribution in [0.4, 0.5) is 0 Å². The Morgan fingerprint density at radius 3 is 2.18 bits per heavy atom. The maximum atomic E-state index is 3.79. The van der Waals surface area contributed by atoms with Crippen LogP contribution in [0.2, 0.25) is 0 Å². The van der Waals surface area contributed by atoms with Gasteiger partial charge in [-0.15, -0.1) is 0 Å². The molecule has 1 heteroatoms. The Balaban J connectivity index is 2.16. The fraction of sp³-hybridized carbons (Fsp3) is 0.625. The molecule has 1 aromatic rings. The Morgan fingerprint density at radius 1 is 0.941 bits per heavy atom. The third-order valence-corrected chi connectivity index (χ3v) is 4.24. The van der Waals surface area contributed by atoms with Gasteiger partial charge in [0.2, 0.25) is 0 Å². The molecule has 0 aliphatic carbocycles. The molecule has 96 valence electrons. The van der Waals surface area contributed by atoms with Crippen molar-refractivity contribution in [1.82, 2.24) is 0 Å². The van der Waals surface area contributed by atoms with Crippen molar-refractivity contribution in [3.05, 3.63) is 35.4 Å². The van der Waals surface area contributed by atoms with E-state index in [-0.39, 0.29) is 0 Å². The van der Waals surface area contributed by atoms with Gasteiger partial charge >= 0.3 is 0 Å². The molecule has 1 unspecified atom stereocenters. The summed E-state index contributed by atoms with van der Waals surface area (Å²) in [5.74, 6) is 0. The first-order valence-electron chi connectivity index (χ1n) is 6.94. The third kappa shape index (κ3) is 6.26. The minimum atomic E-state index is 0.536. The summed E-state index contributed by atoms with van der Waals surface area (Å²) in [6.45, 7) is 4.41. The number of rotatable bonds is 8. The minimum absolute atomic E-state index is 0.536. The molecule has 0 nitrogen and oxygen atoms in total. The summed E-state index contributed by atoms with van der Waals surface area (Å²) in [4.78, 5) is 0.536. The van der Waals surface area contributed by atoms with Crippen molar-refractivity contribution in [3.63, 3.8) is 0 Å². The number of hydrogen-bond acceptors (Lipinski definition) is 0. The van der Waals surface area contributed by atoms with Gasteiger partial charge in [-0.2, -0.15) is 0 Å². The molecule has 0 radical (unpaired) electrons. The van der Waals surface area contributed by atoms with Gasteiger partial charge in [-0.1, -0.05) is 91.2 Å². The second kappa shape index (κ2) is 8.74. The molecule has 0 bridgehead atoms. The van der Waals surface area contributed by atoms with Crippen molar-refractivity contribution in [2.45, 2.75) is 63.6 Å². The van der Waals surface area contributed by atoms with E-state index in [1.54, 1.807) is 0 Å². The molecule has 17 heavy (non-hydrogen) atoms. The zero-order valence-corrected chi connectivity index (χ0v) is 12.8. The first-order chi connectivity index (χ1) is 8.24. The maximum Gasteiger partial charge on any atom is 0.0395 e. The molecular weight excluding hydrogens is 272 g/mol. The highest BCUT2D eigenvalue weighted by Gasteiger charge is 2.06. The maximum absolute atomic E-state index is 3.79. The Morgan fingerprint density at radius 2 is 1.53 bits per heavy atom. The number of unbranched alkanes of at least 4 members (excludes halogenated alkanes) is 5. The lowest BCUT2D eigenvalue weighted by atomic mass is 10.0. The Kier molecular flexibility index (Phi) is 7.59. The van der Waals surface area contributed by atoms with E-state index in [0.717, 1.165) is 0 Å². The molecular formula is C16H25Br. The molecule has 0 N–H and O–H groups in total. The van der Waals surface area contributed by atoms with E-state index in [0.29, 0.717) is 4.83 Å². The number of benzene rings is 1. The second-order valence-corrected chi connectivity index (χ2v) is 6.04. The second-order valence-electron chi connectivity index (χ2n) is 4.93. The van der Waals surface area contributed by atoms with E-state index in [1.165, 1.54) is 56.1 Å². The lowest BCUT2D eigenvalue weighted by molar-refractivity contribution is 0.588. The van der Waals surface area contributed by atoms with Crippen LogP contribution in [0.1, 0.15) is 67.8 Å². The van der Waals surface area contributed by atoms with Crippen LogP contribution in [0.15, 0.2) is 24.3 Å². The van der Waals surface area contributed by atoms with Crippen molar-refractivity contribution in [3.8, 4) is 0 Å². The Hall–Kier alpha value is -0.300. The van der Waals surface area contributed by atoms with Gasteiger partial charge < -0.3 is 0 Å². The average molecular weight is 297 g/mol. The summed E-state index contributed by atoms with van der Waals surface area (Å²) in [5, 5.41) is 0. The summed E-state index contributed by atoms with van der Waals surface area (Å²) in [6.07, 6.45) is 9.53. The normalized spacial score (nSPS) is 12.6. The highest BCUT2D eigenvalue weighted by molar-refractivity contribution is 9.09. The van der Waals surface area contributed by atoms with E-state index < -0.39 is 0 Å². The smallest absolute Gasteiger partial charge is 0.0395 e. The molecule has 0 fully saturated rings. The van der Waals surface area contributed by atoms with Crippen LogP contribution in [0.3, 0.4) is 0 Å². The van der Waals surface area contributed by atoms with Gasteiger partial charge in [0.15, 0.2) is 0 Å². The van der Waals surface area contributed by atoms with E-state index in [9.17, 15) is 0 Å². The fourth-order valence-corrected chi connectivity index (χ4v) is 2.67. The standard InChI is InChI=1S/C16H25Br/c1-3-4-5-6-7-8-9-16(17)15-12-10-14(2)11-13-15/h10-13,16H,3-9H2,1-2H3. The van der Waals surface area contributed by atoms with Gasteiger partial charge in [-0.3, -0.25) is 0 Å². The van der Waals surface area contributed by atoms with Crippen molar-refractivity contribution in [2.24, 2.45) is 0 Å². The monoisotopic (exact) mass is 296 g/mol. The fourth-order valence-electron chi connectivity index (χ4n) is 2.05. The quantitative estimate of drug-likeness (QED) is 0.397. The van der Waals surface area contributed by atoms with Gasteiger partial charge in [0.05, 0.1) is 0 Å². The lowest BCUT2D eigenvalue weighted by Gasteiger charge is -2.10. The predicted molar refractivity (Wildman–Crippen MR) is 80.8 cm³/mol. The van der Waals surface area contributed by atoms with Crippen molar-refractivity contribution in [2.75, 3.05) is 0 Å². The van der Waals surface area contributed by atoms with Gasteiger partial charge in [0.1, 0.15) is 0 Å². The number of aryl methyl sites for hydroxylation is 1. The highest BCUT2D eigenvalue weighted by Crippen LogP contribution is 2.28. The molecule has 1 rings (SSSR count). The van der Waals surface area contributed by atoms with Gasteiger partial charge in [-0.25, -0.2) is 0 Å². The summed E-state index contributed by atoms with van der Waals surface area (Å²) in [7, 11) is 0. The van der Waals surface area contributed by atoms with Gasteiger partial charge in [0, 0.05) is 4.83 Å². The molecule has 1 aromatic carbocycles. The summed E-state index contributed by atoms with van der Waals surface area (Å²) in [5.41, 5.74) is 2.76. The first kappa shape index (κ1) is 14.8. The molecule has 0 aromatic heterocycles. The van der Waals surface area contributed by atoms with Gasteiger partial charge in [0.25, 0.3) is 0 Å². The van der Waals surface area contributed by atoms with Crippen molar-refractivity contribution in [1.29, 1.82) is 0 Å². The van der Waals surface area contributed by atoms with Crippen LogP contribution < -0.4 is 0 Å². The van der Waals surface area contributed by atoms with Crippen LogP contribution in [-0.2, 0) is 0 Å². The zero-order chi connectivity index (χ0) is 12.5. The Bertz CT molecular complexity index is 289. The summed E-state index contributed by atoms with van der Waals surface area (Å²) >= 11 is 3.79. The topological polar surface area (TPSA) is 0 Å². The van der Waals surface area contributed by atoms with Crippen LogP contribution in [0.5, 0.6) is 0 Å². The molecule has 0 saturated carbocycles.